The van der Waals surface area contributed by atoms with Crippen LogP contribution in [0.25, 0.3) is 0 Å². The maximum absolute atomic E-state index is 6.24. The van der Waals surface area contributed by atoms with Crippen LogP contribution in [0.5, 0.6) is 0 Å². The van der Waals surface area contributed by atoms with E-state index in [0.717, 1.165) is 18.4 Å². The van der Waals surface area contributed by atoms with Crippen LogP contribution in [0.15, 0.2) is 0 Å². The topological polar surface area (TPSA) is 29.3 Å². The molecular weight excluding hydrogens is 244 g/mol. The summed E-state index contributed by atoms with van der Waals surface area (Å²) in [6, 6.07) is 0. The van der Waals surface area contributed by atoms with Crippen molar-refractivity contribution in [1.29, 1.82) is 0 Å². The molecule has 0 aliphatic heterocycles. The highest BCUT2D eigenvalue weighted by Crippen LogP contribution is 2.41. The number of hydrogen-bond acceptors (Lipinski definition) is 2. The Morgan fingerprint density at radius 3 is 2.40 bits per heavy atom. The van der Waals surface area contributed by atoms with Crippen LogP contribution in [0.2, 0.25) is 0 Å². The van der Waals surface area contributed by atoms with Gasteiger partial charge in [-0.05, 0) is 50.0 Å². The van der Waals surface area contributed by atoms with E-state index >= 15 is 0 Å². The number of nitrogens with two attached hydrogens (primary N) is 1. The van der Waals surface area contributed by atoms with Gasteiger partial charge in [-0.3, -0.25) is 4.90 Å². The lowest BCUT2D eigenvalue weighted by Crippen LogP contribution is -2.53. The third kappa shape index (κ3) is 4.46. The van der Waals surface area contributed by atoms with Gasteiger partial charge in [-0.25, -0.2) is 0 Å². The summed E-state index contributed by atoms with van der Waals surface area (Å²) in [5.74, 6) is 1.62. The van der Waals surface area contributed by atoms with Crippen LogP contribution in [0, 0.1) is 17.3 Å². The Morgan fingerprint density at radius 1 is 1.25 bits per heavy atom. The van der Waals surface area contributed by atoms with E-state index in [2.05, 4.69) is 46.6 Å². The lowest BCUT2D eigenvalue weighted by atomic mass is 9.76. The molecular formula is C18H38N2. The minimum atomic E-state index is 0.253. The minimum Gasteiger partial charge on any atom is -0.329 e. The molecule has 0 saturated heterocycles. The Labute approximate surface area is 127 Å². The van der Waals surface area contributed by atoms with Crippen molar-refractivity contribution in [3.63, 3.8) is 0 Å². The monoisotopic (exact) mass is 282 g/mol. The van der Waals surface area contributed by atoms with Crippen LogP contribution in [0.1, 0.15) is 73.1 Å². The van der Waals surface area contributed by atoms with Crippen LogP contribution in [-0.4, -0.2) is 30.6 Å². The predicted octanol–water partition coefficient (Wildman–Crippen LogP) is 4.29. The number of hydrogen-bond donors (Lipinski definition) is 1. The van der Waals surface area contributed by atoms with Gasteiger partial charge in [0, 0.05) is 18.6 Å². The van der Waals surface area contributed by atoms with Crippen molar-refractivity contribution in [1.82, 2.24) is 4.90 Å². The summed E-state index contributed by atoms with van der Waals surface area (Å²) >= 11 is 0. The molecule has 1 aliphatic carbocycles. The lowest BCUT2D eigenvalue weighted by Gasteiger charge is -2.42. The number of likely N-dealkylation sites (N-methyl/N-ethyl adjacent to an activating group) is 1. The molecule has 0 amide bonds. The molecule has 20 heavy (non-hydrogen) atoms. The van der Waals surface area contributed by atoms with Gasteiger partial charge in [0.15, 0.2) is 0 Å². The summed E-state index contributed by atoms with van der Waals surface area (Å²) in [7, 11) is 2.30. The second kappa shape index (κ2) is 7.26. The van der Waals surface area contributed by atoms with Crippen LogP contribution < -0.4 is 5.73 Å². The average molecular weight is 283 g/mol. The van der Waals surface area contributed by atoms with Crippen molar-refractivity contribution in [3.05, 3.63) is 0 Å². The van der Waals surface area contributed by atoms with E-state index in [1.54, 1.807) is 0 Å². The summed E-state index contributed by atoms with van der Waals surface area (Å²) in [6.45, 7) is 13.8. The summed E-state index contributed by atoms with van der Waals surface area (Å²) in [5.41, 5.74) is 6.94. The second-order valence-corrected chi connectivity index (χ2v) is 8.32. The summed E-state index contributed by atoms with van der Waals surface area (Å²) in [6.07, 6.45) is 7.87. The zero-order valence-electron chi connectivity index (χ0n) is 14.8. The Morgan fingerprint density at radius 2 is 1.90 bits per heavy atom. The van der Waals surface area contributed by atoms with Gasteiger partial charge < -0.3 is 5.73 Å². The van der Waals surface area contributed by atoms with Crippen LogP contribution in [0.3, 0.4) is 0 Å². The summed E-state index contributed by atoms with van der Waals surface area (Å²) in [5, 5.41) is 0. The van der Waals surface area contributed by atoms with E-state index in [0.29, 0.717) is 5.41 Å². The molecule has 0 heterocycles. The van der Waals surface area contributed by atoms with Gasteiger partial charge in [-0.15, -0.1) is 0 Å². The van der Waals surface area contributed by atoms with E-state index in [1.807, 2.05) is 0 Å². The van der Waals surface area contributed by atoms with E-state index in [-0.39, 0.29) is 5.54 Å². The van der Waals surface area contributed by atoms with Crippen molar-refractivity contribution in [2.75, 3.05) is 20.1 Å². The molecule has 2 nitrogen and oxygen atoms in total. The van der Waals surface area contributed by atoms with Gasteiger partial charge >= 0.3 is 0 Å². The smallest absolute Gasteiger partial charge is 0.0328 e. The average Bonchev–Trinajstić information content (AvgIpc) is 2.61. The molecule has 0 spiro atoms. The van der Waals surface area contributed by atoms with E-state index in [1.165, 1.54) is 45.1 Å². The lowest BCUT2D eigenvalue weighted by molar-refractivity contribution is 0.0871. The summed E-state index contributed by atoms with van der Waals surface area (Å²) < 4.78 is 0. The Bertz CT molecular complexity index is 282. The third-order valence-electron chi connectivity index (χ3n) is 5.85. The molecule has 0 aromatic carbocycles. The highest BCUT2D eigenvalue weighted by Gasteiger charge is 2.38. The largest absolute Gasteiger partial charge is 0.329 e. The van der Waals surface area contributed by atoms with Gasteiger partial charge in [0.2, 0.25) is 0 Å². The molecule has 0 aromatic rings. The van der Waals surface area contributed by atoms with Gasteiger partial charge in [-0.1, -0.05) is 47.5 Å². The van der Waals surface area contributed by atoms with Gasteiger partial charge in [0.1, 0.15) is 0 Å². The fourth-order valence-electron chi connectivity index (χ4n) is 3.79. The molecule has 0 aromatic heterocycles. The molecule has 1 saturated carbocycles. The SMILES string of the molecule is CCC(C)CN(C)C1(CN)CCCC(C(C)(C)C)CC1. The van der Waals surface area contributed by atoms with Crippen LogP contribution in [0.4, 0.5) is 0 Å². The Kier molecular flexibility index (Phi) is 6.53. The minimum absolute atomic E-state index is 0.253. The molecule has 3 atom stereocenters. The molecule has 1 aliphatic rings. The Balaban J connectivity index is 2.74. The van der Waals surface area contributed by atoms with Gasteiger partial charge in [0.05, 0.1) is 0 Å². The molecule has 2 N–H and O–H groups in total. The molecule has 1 rings (SSSR count). The molecule has 2 heteroatoms. The Hall–Kier alpha value is -0.0800. The fourth-order valence-corrected chi connectivity index (χ4v) is 3.79. The van der Waals surface area contributed by atoms with Crippen LogP contribution in [-0.2, 0) is 0 Å². The van der Waals surface area contributed by atoms with Crippen molar-refractivity contribution in [2.45, 2.75) is 78.7 Å². The molecule has 0 radical (unpaired) electrons. The van der Waals surface area contributed by atoms with Crippen molar-refractivity contribution in [2.24, 2.45) is 23.0 Å². The molecule has 0 bridgehead atoms. The molecule has 1 fully saturated rings. The highest BCUT2D eigenvalue weighted by atomic mass is 15.2. The summed E-state index contributed by atoms with van der Waals surface area (Å²) in [4.78, 5) is 2.59. The van der Waals surface area contributed by atoms with Crippen molar-refractivity contribution in [3.8, 4) is 0 Å². The standard InChI is InChI=1S/C18H38N2/c1-7-15(2)13-20(6)18(14-19)11-8-9-16(10-12-18)17(3,4)5/h15-16H,7-14,19H2,1-6H3. The molecule has 120 valence electrons. The van der Waals surface area contributed by atoms with Gasteiger partial charge in [0.25, 0.3) is 0 Å². The molecule has 3 unspecified atom stereocenters. The fraction of sp³-hybridized carbons (Fsp3) is 1.00. The second-order valence-electron chi connectivity index (χ2n) is 8.32. The van der Waals surface area contributed by atoms with Crippen molar-refractivity contribution >= 4 is 0 Å². The predicted molar refractivity (Wildman–Crippen MR) is 89.9 cm³/mol. The first-order chi connectivity index (χ1) is 9.25. The maximum atomic E-state index is 6.24. The zero-order chi connectivity index (χ0) is 15.4. The first-order valence-electron chi connectivity index (χ1n) is 8.66. The van der Waals surface area contributed by atoms with E-state index in [4.69, 9.17) is 5.73 Å². The van der Waals surface area contributed by atoms with Gasteiger partial charge in [-0.2, -0.15) is 0 Å². The normalized spacial score (nSPS) is 30.3. The van der Waals surface area contributed by atoms with E-state index in [9.17, 15) is 0 Å². The zero-order valence-corrected chi connectivity index (χ0v) is 14.8. The quantitative estimate of drug-likeness (QED) is 0.762. The van der Waals surface area contributed by atoms with Crippen LogP contribution >= 0.6 is 0 Å². The number of nitrogens with zero attached hydrogens (tertiary/aromatic N) is 1. The maximum Gasteiger partial charge on any atom is 0.0328 e. The first kappa shape index (κ1) is 18.0. The first-order valence-corrected chi connectivity index (χ1v) is 8.66. The van der Waals surface area contributed by atoms with Crippen molar-refractivity contribution < 1.29 is 0 Å². The van der Waals surface area contributed by atoms with E-state index < -0.39 is 0 Å². The third-order valence-corrected chi connectivity index (χ3v) is 5.85. The highest BCUT2D eigenvalue weighted by molar-refractivity contribution is 4.94. The number of rotatable bonds is 5.